The van der Waals surface area contributed by atoms with Gasteiger partial charge in [-0.3, -0.25) is 0 Å². The molecule has 0 rings (SSSR count). The highest BCUT2D eigenvalue weighted by Crippen LogP contribution is 2.26. The van der Waals surface area contributed by atoms with Crippen LogP contribution in [0.25, 0.3) is 0 Å². The van der Waals surface area contributed by atoms with E-state index in [1.165, 1.54) is 0 Å². The molecule has 116 valence electrons. The van der Waals surface area contributed by atoms with Gasteiger partial charge in [0.1, 0.15) is 0 Å². The first-order chi connectivity index (χ1) is 8.36. The summed E-state index contributed by atoms with van der Waals surface area (Å²) < 4.78 is 29.5. The Bertz CT molecular complexity index is 348. The van der Waals surface area contributed by atoms with Crippen molar-refractivity contribution in [2.45, 2.75) is 66.6 Å². The molecule has 0 aliphatic rings. The maximum Gasteiger partial charge on any atom is 0.153 e. The number of sulfone groups is 1. The number of hydrogen-bond acceptors (Lipinski definition) is 3. The van der Waals surface area contributed by atoms with E-state index in [0.29, 0.717) is 6.61 Å². The molecule has 0 amide bonds. The van der Waals surface area contributed by atoms with Gasteiger partial charge in [0, 0.05) is 6.61 Å². The van der Waals surface area contributed by atoms with Gasteiger partial charge in [0.15, 0.2) is 9.84 Å². The Morgan fingerprint density at radius 1 is 1.05 bits per heavy atom. The van der Waals surface area contributed by atoms with Crippen LogP contribution >= 0.6 is 0 Å². The Labute approximate surface area is 120 Å². The zero-order chi connectivity index (χ0) is 15.3. The molecule has 0 fully saturated rings. The van der Waals surface area contributed by atoms with E-state index in [2.05, 4.69) is 20.8 Å². The van der Waals surface area contributed by atoms with Crippen LogP contribution in [0, 0.1) is 10.8 Å². The van der Waals surface area contributed by atoms with Gasteiger partial charge < -0.3 is 4.74 Å². The van der Waals surface area contributed by atoms with Crippen molar-refractivity contribution in [2.75, 3.05) is 19.0 Å². The largest absolute Gasteiger partial charge is 0.381 e. The fraction of sp³-hybridized carbons (Fsp3) is 1.00. The molecule has 0 N–H and O–H groups in total. The zero-order valence-electron chi connectivity index (χ0n) is 13.7. The van der Waals surface area contributed by atoms with Gasteiger partial charge in [-0.15, -0.1) is 0 Å². The highest BCUT2D eigenvalue weighted by Gasteiger charge is 2.27. The van der Waals surface area contributed by atoms with Crippen molar-refractivity contribution in [1.82, 2.24) is 0 Å². The van der Waals surface area contributed by atoms with Crippen molar-refractivity contribution in [3.05, 3.63) is 0 Å². The molecule has 0 heterocycles. The van der Waals surface area contributed by atoms with Crippen molar-refractivity contribution in [1.29, 1.82) is 0 Å². The molecule has 4 heteroatoms. The van der Waals surface area contributed by atoms with Crippen LogP contribution in [-0.2, 0) is 14.6 Å². The second kappa shape index (κ2) is 7.07. The van der Waals surface area contributed by atoms with Crippen molar-refractivity contribution in [3.63, 3.8) is 0 Å². The maximum absolute atomic E-state index is 11.9. The van der Waals surface area contributed by atoms with Crippen LogP contribution < -0.4 is 0 Å². The molecular formula is C15H32O3S. The summed E-state index contributed by atoms with van der Waals surface area (Å²) in [6.07, 6.45) is 1.79. The molecule has 0 saturated carbocycles. The van der Waals surface area contributed by atoms with Gasteiger partial charge in [0.2, 0.25) is 0 Å². The molecule has 0 saturated heterocycles. The molecular weight excluding hydrogens is 260 g/mol. The molecule has 0 radical (unpaired) electrons. The van der Waals surface area contributed by atoms with Crippen LogP contribution in [0.5, 0.6) is 0 Å². The third-order valence-electron chi connectivity index (χ3n) is 2.99. The fourth-order valence-corrected chi connectivity index (χ4v) is 3.38. The van der Waals surface area contributed by atoms with Gasteiger partial charge >= 0.3 is 0 Å². The van der Waals surface area contributed by atoms with E-state index in [1.54, 1.807) is 13.8 Å². The minimum absolute atomic E-state index is 0.172. The van der Waals surface area contributed by atoms with Crippen LogP contribution in [0.2, 0.25) is 0 Å². The highest BCUT2D eigenvalue weighted by atomic mass is 32.2. The maximum atomic E-state index is 11.9. The van der Waals surface area contributed by atoms with Gasteiger partial charge in [0.25, 0.3) is 0 Å². The Hall–Kier alpha value is -0.0900. The predicted molar refractivity (Wildman–Crippen MR) is 82.2 cm³/mol. The first-order valence-electron chi connectivity index (χ1n) is 7.15. The van der Waals surface area contributed by atoms with E-state index in [9.17, 15) is 8.42 Å². The average molecular weight is 292 g/mol. The summed E-state index contributed by atoms with van der Waals surface area (Å²) in [6, 6.07) is 0. The second-order valence-corrected chi connectivity index (χ2v) is 10.3. The van der Waals surface area contributed by atoms with Crippen LogP contribution in [0.3, 0.4) is 0 Å². The van der Waals surface area contributed by atoms with Crippen LogP contribution in [0.1, 0.15) is 61.3 Å². The van der Waals surface area contributed by atoms with Crippen LogP contribution in [0.15, 0.2) is 0 Å². The van der Waals surface area contributed by atoms with Gasteiger partial charge in [-0.05, 0) is 37.5 Å². The first kappa shape index (κ1) is 18.9. The summed E-state index contributed by atoms with van der Waals surface area (Å²) in [7, 11) is -2.96. The van der Waals surface area contributed by atoms with Gasteiger partial charge in [-0.1, -0.05) is 34.6 Å². The lowest BCUT2D eigenvalue weighted by atomic mass is 9.90. The standard InChI is InChI=1S/C15H32O3S/c1-13(2)19(16,17)12-15(6,7)9-8-10-18-11-14(3,4)5/h13H,8-12H2,1-7H3. The Balaban J connectivity index is 4.05. The molecule has 0 bridgehead atoms. The molecule has 0 unspecified atom stereocenters. The zero-order valence-corrected chi connectivity index (χ0v) is 14.6. The van der Waals surface area contributed by atoms with E-state index >= 15 is 0 Å². The van der Waals surface area contributed by atoms with Crippen molar-refractivity contribution in [2.24, 2.45) is 10.8 Å². The van der Waals surface area contributed by atoms with Gasteiger partial charge in [0.05, 0.1) is 17.6 Å². The number of ether oxygens (including phenoxy) is 1. The summed E-state index contributed by atoms with van der Waals surface area (Å²) in [5.41, 5.74) is 0.0185. The second-order valence-electron chi connectivity index (χ2n) is 7.74. The van der Waals surface area contributed by atoms with E-state index in [1.807, 2.05) is 13.8 Å². The smallest absolute Gasteiger partial charge is 0.153 e. The third-order valence-corrected chi connectivity index (χ3v) is 5.61. The fourth-order valence-electron chi connectivity index (χ4n) is 1.81. The summed E-state index contributed by atoms with van der Waals surface area (Å²) in [5, 5.41) is -0.288. The molecule has 0 spiro atoms. The number of hydrogen-bond donors (Lipinski definition) is 0. The van der Waals surface area contributed by atoms with Crippen LogP contribution in [-0.4, -0.2) is 32.6 Å². The molecule has 19 heavy (non-hydrogen) atoms. The molecule has 0 aliphatic heterocycles. The molecule has 0 aromatic carbocycles. The molecule has 3 nitrogen and oxygen atoms in total. The van der Waals surface area contributed by atoms with Crippen molar-refractivity contribution >= 4 is 9.84 Å². The normalized spacial score (nSPS) is 14.1. The van der Waals surface area contributed by atoms with E-state index < -0.39 is 9.84 Å². The molecule has 0 aliphatic carbocycles. The SMILES string of the molecule is CC(C)S(=O)(=O)CC(C)(C)CCCOCC(C)(C)C. The van der Waals surface area contributed by atoms with E-state index in [4.69, 9.17) is 4.74 Å². The summed E-state index contributed by atoms with van der Waals surface area (Å²) >= 11 is 0. The lowest BCUT2D eigenvalue weighted by Gasteiger charge is -2.26. The Morgan fingerprint density at radius 2 is 1.58 bits per heavy atom. The number of rotatable bonds is 8. The third kappa shape index (κ3) is 9.44. The van der Waals surface area contributed by atoms with Gasteiger partial charge in [-0.25, -0.2) is 8.42 Å². The Kier molecular flexibility index (Phi) is 7.04. The van der Waals surface area contributed by atoms with E-state index in [-0.39, 0.29) is 21.8 Å². The molecule has 0 aromatic rings. The minimum Gasteiger partial charge on any atom is -0.381 e. The van der Waals surface area contributed by atoms with E-state index in [0.717, 1.165) is 19.4 Å². The Morgan fingerprint density at radius 3 is 2.00 bits per heavy atom. The minimum atomic E-state index is -2.96. The predicted octanol–water partition coefficient (Wildman–Crippen LogP) is 3.68. The topological polar surface area (TPSA) is 43.4 Å². The summed E-state index contributed by atoms with van der Waals surface area (Å²) in [5.74, 6) is 0.261. The van der Waals surface area contributed by atoms with Crippen molar-refractivity contribution in [3.8, 4) is 0 Å². The lowest BCUT2D eigenvalue weighted by molar-refractivity contribution is 0.0649. The quantitative estimate of drug-likeness (QED) is 0.641. The lowest BCUT2D eigenvalue weighted by Crippen LogP contribution is -2.29. The van der Waals surface area contributed by atoms with Gasteiger partial charge in [-0.2, -0.15) is 0 Å². The first-order valence-corrected chi connectivity index (χ1v) is 8.87. The monoisotopic (exact) mass is 292 g/mol. The highest BCUT2D eigenvalue weighted by molar-refractivity contribution is 7.92. The summed E-state index contributed by atoms with van der Waals surface area (Å²) in [6.45, 7) is 15.4. The van der Waals surface area contributed by atoms with Crippen molar-refractivity contribution < 1.29 is 13.2 Å². The average Bonchev–Trinajstić information content (AvgIpc) is 2.12. The molecule has 0 atom stereocenters. The molecule has 0 aromatic heterocycles. The van der Waals surface area contributed by atoms with Crippen LogP contribution in [0.4, 0.5) is 0 Å². The summed E-state index contributed by atoms with van der Waals surface area (Å²) in [4.78, 5) is 0.